The predicted molar refractivity (Wildman–Crippen MR) is 103 cm³/mol. The number of anilines is 2. The van der Waals surface area contributed by atoms with Gasteiger partial charge in [-0.25, -0.2) is 14.2 Å². The third-order valence-corrected chi connectivity index (χ3v) is 5.51. The Kier molecular flexibility index (Phi) is 4.26. The molecule has 0 unspecified atom stereocenters. The molecule has 2 aromatic rings. The Morgan fingerprint density at radius 2 is 2.08 bits per heavy atom. The van der Waals surface area contributed by atoms with Crippen molar-refractivity contribution in [3.8, 4) is 0 Å². The molecular weight excluding hydrogens is 434 g/mol. The third-order valence-electron chi connectivity index (χ3n) is 4.84. The largest absolute Gasteiger partial charge is 0.350 e. The molecule has 2 fully saturated rings. The van der Waals surface area contributed by atoms with Crippen LogP contribution < -0.4 is 10.2 Å². The lowest BCUT2D eigenvalue weighted by Crippen LogP contribution is -2.58. The molecule has 1 aliphatic carbocycles. The monoisotopic (exact) mass is 452 g/mol. The van der Waals surface area contributed by atoms with Crippen LogP contribution in [0.3, 0.4) is 0 Å². The second-order valence-electron chi connectivity index (χ2n) is 6.55. The number of amides is 2. The van der Waals surface area contributed by atoms with E-state index in [1.54, 1.807) is 12.3 Å². The zero-order valence-electron chi connectivity index (χ0n) is 13.6. The maximum absolute atomic E-state index is 14.0. The van der Waals surface area contributed by atoms with E-state index in [-0.39, 0.29) is 17.4 Å². The summed E-state index contributed by atoms with van der Waals surface area (Å²) < 4.78 is 15.1. The van der Waals surface area contributed by atoms with E-state index in [2.05, 4.69) is 32.9 Å². The first-order valence-corrected chi connectivity index (χ1v) is 9.35. The molecule has 1 N–H and O–H groups in total. The smallest absolute Gasteiger partial charge is 0.322 e. The van der Waals surface area contributed by atoms with Crippen LogP contribution in [0.4, 0.5) is 20.7 Å². The van der Waals surface area contributed by atoms with Crippen molar-refractivity contribution < 1.29 is 9.18 Å². The van der Waals surface area contributed by atoms with Gasteiger partial charge in [0.05, 0.1) is 5.54 Å². The van der Waals surface area contributed by atoms with Gasteiger partial charge in [-0.05, 0) is 65.8 Å². The second kappa shape index (κ2) is 6.44. The summed E-state index contributed by atoms with van der Waals surface area (Å²) in [6, 6.07) is 10.7. The Labute approximate surface area is 159 Å². The number of carbonyl (C=O) groups excluding carboxylic acids is 1. The maximum Gasteiger partial charge on any atom is 0.322 e. The Hall–Kier alpha value is -1.90. The highest BCUT2D eigenvalue weighted by atomic mass is 127. The first kappa shape index (κ1) is 16.6. The van der Waals surface area contributed by atoms with E-state index < -0.39 is 0 Å². The average Bonchev–Trinajstić information content (AvgIpc) is 3.34. The second-order valence-corrected chi connectivity index (χ2v) is 7.79. The topological polar surface area (TPSA) is 48.5 Å². The summed E-state index contributed by atoms with van der Waals surface area (Å²) >= 11 is 2.22. The zero-order chi connectivity index (χ0) is 17.4. The summed E-state index contributed by atoms with van der Waals surface area (Å²) in [6.07, 6.45) is 3.49. The highest BCUT2D eigenvalue weighted by Gasteiger charge is 2.53. The van der Waals surface area contributed by atoms with E-state index >= 15 is 0 Å². The van der Waals surface area contributed by atoms with Gasteiger partial charge in [0.15, 0.2) is 11.6 Å². The van der Waals surface area contributed by atoms with Crippen molar-refractivity contribution in [1.29, 1.82) is 0 Å². The van der Waals surface area contributed by atoms with E-state index in [0.717, 1.165) is 22.1 Å². The predicted octanol–water partition coefficient (Wildman–Crippen LogP) is 3.71. The maximum atomic E-state index is 14.0. The van der Waals surface area contributed by atoms with Crippen molar-refractivity contribution in [2.45, 2.75) is 18.4 Å². The molecule has 2 amide bonds. The minimum Gasteiger partial charge on any atom is -0.350 e. The first-order valence-electron chi connectivity index (χ1n) is 8.27. The molecule has 1 aliphatic heterocycles. The molecule has 1 saturated heterocycles. The van der Waals surface area contributed by atoms with Crippen LogP contribution in [-0.4, -0.2) is 41.1 Å². The van der Waals surface area contributed by atoms with Crippen LogP contribution in [0.1, 0.15) is 12.8 Å². The van der Waals surface area contributed by atoms with Crippen LogP contribution >= 0.6 is 22.6 Å². The fraction of sp³-hybridized carbons (Fsp3) is 0.333. The van der Waals surface area contributed by atoms with Crippen LogP contribution in [0.15, 0.2) is 42.6 Å². The van der Waals surface area contributed by atoms with Crippen molar-refractivity contribution in [2.75, 3.05) is 29.9 Å². The molecule has 1 spiro atoms. The Balaban J connectivity index is 1.48. The number of rotatable bonds is 2. The van der Waals surface area contributed by atoms with Gasteiger partial charge in [0.25, 0.3) is 0 Å². The molecule has 0 radical (unpaired) electrons. The number of halogens is 2. The summed E-state index contributed by atoms with van der Waals surface area (Å²) in [5.74, 6) is 0.0708. The van der Waals surface area contributed by atoms with Crippen molar-refractivity contribution >= 4 is 40.1 Å². The standard InChI is InChI=1S/C18H18FIN4O/c19-15-5-2-8-21-16(15)23-9-10-24(18(12-23)6-7-18)17(25)22-14-4-1-3-13(20)11-14/h1-5,8,11H,6-7,9-10,12H2,(H,22,25). The van der Waals surface area contributed by atoms with Crippen LogP contribution in [0.25, 0.3) is 0 Å². The summed E-state index contributed by atoms with van der Waals surface area (Å²) in [6.45, 7) is 1.77. The van der Waals surface area contributed by atoms with Crippen molar-refractivity contribution in [1.82, 2.24) is 9.88 Å². The van der Waals surface area contributed by atoms with Crippen LogP contribution in [0.2, 0.25) is 0 Å². The molecule has 2 aliphatic rings. The van der Waals surface area contributed by atoms with Gasteiger partial charge in [0.2, 0.25) is 0 Å². The number of nitrogens with zero attached hydrogens (tertiary/aromatic N) is 3. The lowest BCUT2D eigenvalue weighted by Gasteiger charge is -2.42. The van der Waals surface area contributed by atoms with Crippen molar-refractivity contribution in [2.24, 2.45) is 0 Å². The van der Waals surface area contributed by atoms with Gasteiger partial charge >= 0.3 is 6.03 Å². The fourth-order valence-corrected chi connectivity index (χ4v) is 3.96. The fourth-order valence-electron chi connectivity index (χ4n) is 3.41. The molecular formula is C18H18FIN4O. The SMILES string of the molecule is O=C(Nc1cccc(I)c1)N1CCN(c2ncccc2F)CC12CC2. The normalized spacial score (nSPS) is 18.3. The van der Waals surface area contributed by atoms with Crippen LogP contribution in [0, 0.1) is 9.39 Å². The number of pyridine rings is 1. The molecule has 1 saturated carbocycles. The van der Waals surface area contributed by atoms with E-state index in [9.17, 15) is 9.18 Å². The van der Waals surface area contributed by atoms with Gasteiger partial charge in [-0.2, -0.15) is 0 Å². The van der Waals surface area contributed by atoms with Crippen LogP contribution in [0.5, 0.6) is 0 Å². The summed E-state index contributed by atoms with van der Waals surface area (Å²) in [7, 11) is 0. The number of piperazine rings is 1. The number of aromatic nitrogens is 1. The quantitative estimate of drug-likeness (QED) is 0.708. The lowest BCUT2D eigenvalue weighted by molar-refractivity contribution is 0.168. The van der Waals surface area contributed by atoms with Gasteiger partial charge < -0.3 is 15.1 Å². The molecule has 4 rings (SSSR count). The van der Waals surface area contributed by atoms with Gasteiger partial charge in [0.1, 0.15) is 0 Å². The van der Waals surface area contributed by atoms with Gasteiger partial charge in [-0.1, -0.05) is 6.07 Å². The van der Waals surface area contributed by atoms with Crippen molar-refractivity contribution in [3.05, 3.63) is 52.0 Å². The highest BCUT2D eigenvalue weighted by Crippen LogP contribution is 2.45. The minimum absolute atomic E-state index is 0.0827. The Bertz CT molecular complexity index is 811. The average molecular weight is 452 g/mol. The molecule has 2 heterocycles. The Morgan fingerprint density at radius 3 is 2.80 bits per heavy atom. The number of urea groups is 1. The molecule has 0 bridgehead atoms. The Morgan fingerprint density at radius 1 is 1.24 bits per heavy atom. The summed E-state index contributed by atoms with van der Waals surface area (Å²) in [4.78, 5) is 20.8. The number of nitrogens with one attached hydrogen (secondary N) is 1. The number of carbonyl (C=O) groups is 1. The third kappa shape index (κ3) is 3.29. The van der Waals surface area contributed by atoms with E-state index in [1.807, 2.05) is 34.1 Å². The highest BCUT2D eigenvalue weighted by molar-refractivity contribution is 14.1. The van der Waals surface area contributed by atoms with Crippen LogP contribution in [-0.2, 0) is 0 Å². The van der Waals surface area contributed by atoms with Gasteiger partial charge in [0, 0.05) is 35.1 Å². The number of hydrogen-bond donors (Lipinski definition) is 1. The molecule has 7 heteroatoms. The molecule has 130 valence electrons. The first-order chi connectivity index (χ1) is 12.1. The minimum atomic E-state index is -0.310. The molecule has 1 aromatic carbocycles. The number of hydrogen-bond acceptors (Lipinski definition) is 3. The van der Waals surface area contributed by atoms with Gasteiger partial charge in [-0.3, -0.25) is 0 Å². The van der Waals surface area contributed by atoms with E-state index in [1.165, 1.54) is 6.07 Å². The number of benzene rings is 1. The molecule has 5 nitrogen and oxygen atoms in total. The summed E-state index contributed by atoms with van der Waals surface area (Å²) in [5, 5.41) is 2.99. The molecule has 0 atom stereocenters. The van der Waals surface area contributed by atoms with E-state index in [4.69, 9.17) is 0 Å². The zero-order valence-corrected chi connectivity index (χ0v) is 15.7. The molecule has 1 aromatic heterocycles. The van der Waals surface area contributed by atoms with Gasteiger partial charge in [-0.15, -0.1) is 0 Å². The van der Waals surface area contributed by atoms with Crippen molar-refractivity contribution in [3.63, 3.8) is 0 Å². The van der Waals surface area contributed by atoms with E-state index in [0.29, 0.717) is 25.5 Å². The summed E-state index contributed by atoms with van der Waals surface area (Å²) in [5.41, 5.74) is 0.597. The lowest BCUT2D eigenvalue weighted by atomic mass is 10.1. The molecule has 25 heavy (non-hydrogen) atoms.